The molecule has 0 radical (unpaired) electrons. The zero-order valence-electron chi connectivity index (χ0n) is 10.4. The van der Waals surface area contributed by atoms with Gasteiger partial charge in [0.1, 0.15) is 10.8 Å². The van der Waals surface area contributed by atoms with Crippen molar-refractivity contribution in [2.24, 2.45) is 0 Å². The smallest absolute Gasteiger partial charge is 0.173 e. The van der Waals surface area contributed by atoms with Crippen molar-refractivity contribution < 1.29 is 4.74 Å². The molecule has 2 aromatic carbocycles. The first-order valence-electron chi connectivity index (χ1n) is 5.90. The standard InChI is InChI=1S/C15H12N2OS/c1-18-13-9-7-12(8-10-13)15-16-14(17-19-15)11-5-3-2-4-6-11/h2-10H,1H3. The fourth-order valence-corrected chi connectivity index (χ4v) is 2.47. The molecular weight excluding hydrogens is 256 g/mol. The van der Waals surface area contributed by atoms with Crippen LogP contribution >= 0.6 is 11.5 Å². The fourth-order valence-electron chi connectivity index (χ4n) is 1.78. The Balaban J connectivity index is 1.92. The summed E-state index contributed by atoms with van der Waals surface area (Å²) in [6.07, 6.45) is 0. The summed E-state index contributed by atoms with van der Waals surface area (Å²) in [4.78, 5) is 4.57. The summed E-state index contributed by atoms with van der Waals surface area (Å²) < 4.78 is 9.55. The third-order valence-electron chi connectivity index (χ3n) is 2.79. The van der Waals surface area contributed by atoms with Crippen LogP contribution in [0.15, 0.2) is 54.6 Å². The van der Waals surface area contributed by atoms with Crippen LogP contribution in [0.5, 0.6) is 5.75 Å². The number of hydrogen-bond acceptors (Lipinski definition) is 4. The minimum Gasteiger partial charge on any atom is -0.497 e. The summed E-state index contributed by atoms with van der Waals surface area (Å²) in [6, 6.07) is 17.8. The van der Waals surface area contributed by atoms with Gasteiger partial charge in [0, 0.05) is 11.1 Å². The van der Waals surface area contributed by atoms with Gasteiger partial charge in [0.25, 0.3) is 0 Å². The molecule has 0 spiro atoms. The molecule has 0 aliphatic heterocycles. The number of methoxy groups -OCH3 is 1. The van der Waals surface area contributed by atoms with Crippen LogP contribution in [0.3, 0.4) is 0 Å². The largest absolute Gasteiger partial charge is 0.497 e. The van der Waals surface area contributed by atoms with Gasteiger partial charge >= 0.3 is 0 Å². The van der Waals surface area contributed by atoms with Crippen molar-refractivity contribution in [2.75, 3.05) is 7.11 Å². The predicted octanol–water partition coefficient (Wildman–Crippen LogP) is 3.88. The lowest BCUT2D eigenvalue weighted by atomic mass is 10.2. The Labute approximate surface area is 115 Å². The van der Waals surface area contributed by atoms with Crippen LogP contribution < -0.4 is 4.74 Å². The molecule has 1 aromatic heterocycles. The summed E-state index contributed by atoms with van der Waals surface area (Å²) in [5, 5.41) is 0.918. The molecule has 0 aliphatic rings. The molecule has 3 rings (SSSR count). The van der Waals surface area contributed by atoms with Crippen molar-refractivity contribution in [1.82, 2.24) is 9.36 Å². The lowest BCUT2D eigenvalue weighted by Crippen LogP contribution is -1.83. The maximum Gasteiger partial charge on any atom is 0.173 e. The lowest BCUT2D eigenvalue weighted by Gasteiger charge is -1.99. The number of rotatable bonds is 3. The van der Waals surface area contributed by atoms with Gasteiger partial charge in [-0.05, 0) is 35.8 Å². The zero-order chi connectivity index (χ0) is 13.1. The van der Waals surface area contributed by atoms with Gasteiger partial charge in [0.15, 0.2) is 5.82 Å². The topological polar surface area (TPSA) is 35.0 Å². The van der Waals surface area contributed by atoms with E-state index >= 15 is 0 Å². The van der Waals surface area contributed by atoms with E-state index in [9.17, 15) is 0 Å². The SMILES string of the molecule is COc1ccc(-c2nc(-c3ccccc3)ns2)cc1. The molecular formula is C15H12N2OS. The van der Waals surface area contributed by atoms with Crippen LogP contribution in [0.1, 0.15) is 0 Å². The van der Waals surface area contributed by atoms with Crippen molar-refractivity contribution in [3.8, 4) is 27.7 Å². The minimum atomic E-state index is 0.774. The van der Waals surface area contributed by atoms with Gasteiger partial charge < -0.3 is 4.74 Å². The average Bonchev–Trinajstić information content (AvgIpc) is 2.98. The molecule has 0 unspecified atom stereocenters. The van der Waals surface area contributed by atoms with Crippen LogP contribution in [0.2, 0.25) is 0 Å². The molecule has 0 atom stereocenters. The van der Waals surface area contributed by atoms with Gasteiger partial charge in [-0.1, -0.05) is 30.3 Å². The van der Waals surface area contributed by atoms with E-state index in [1.807, 2.05) is 54.6 Å². The molecule has 19 heavy (non-hydrogen) atoms. The highest BCUT2D eigenvalue weighted by Gasteiger charge is 2.08. The van der Waals surface area contributed by atoms with E-state index in [-0.39, 0.29) is 0 Å². The first-order valence-corrected chi connectivity index (χ1v) is 6.68. The van der Waals surface area contributed by atoms with Gasteiger partial charge in [-0.15, -0.1) is 0 Å². The third kappa shape index (κ3) is 2.48. The second-order valence-electron chi connectivity index (χ2n) is 4.02. The molecule has 0 amide bonds. The molecule has 1 heterocycles. The maximum absolute atomic E-state index is 5.15. The molecule has 0 aliphatic carbocycles. The summed E-state index contributed by atoms with van der Waals surface area (Å²) in [5.74, 6) is 1.62. The summed E-state index contributed by atoms with van der Waals surface area (Å²) in [6.45, 7) is 0. The van der Waals surface area contributed by atoms with Crippen LogP contribution in [0.4, 0.5) is 0 Å². The molecule has 0 bridgehead atoms. The Hall–Kier alpha value is -2.20. The van der Waals surface area contributed by atoms with E-state index in [0.717, 1.165) is 27.7 Å². The predicted molar refractivity (Wildman–Crippen MR) is 77.3 cm³/mol. The van der Waals surface area contributed by atoms with Gasteiger partial charge in [0.2, 0.25) is 0 Å². The molecule has 0 fully saturated rings. The molecule has 4 heteroatoms. The van der Waals surface area contributed by atoms with E-state index in [1.165, 1.54) is 11.5 Å². The summed E-state index contributed by atoms with van der Waals surface area (Å²) in [7, 11) is 1.66. The first kappa shape index (κ1) is 11.9. The van der Waals surface area contributed by atoms with Crippen molar-refractivity contribution >= 4 is 11.5 Å². The van der Waals surface area contributed by atoms with Crippen molar-refractivity contribution in [1.29, 1.82) is 0 Å². The van der Waals surface area contributed by atoms with Gasteiger partial charge in [-0.25, -0.2) is 4.98 Å². The Kier molecular flexibility index (Phi) is 3.25. The second kappa shape index (κ2) is 5.20. The molecule has 0 N–H and O–H groups in total. The van der Waals surface area contributed by atoms with Crippen molar-refractivity contribution in [2.45, 2.75) is 0 Å². The summed E-state index contributed by atoms with van der Waals surface area (Å²) in [5.41, 5.74) is 2.10. The zero-order valence-corrected chi connectivity index (χ0v) is 11.2. The highest BCUT2D eigenvalue weighted by atomic mass is 32.1. The average molecular weight is 268 g/mol. The Morgan fingerprint density at radius 3 is 2.32 bits per heavy atom. The fraction of sp³-hybridized carbons (Fsp3) is 0.0667. The van der Waals surface area contributed by atoms with Crippen LogP contribution in [0.25, 0.3) is 22.0 Å². The lowest BCUT2D eigenvalue weighted by molar-refractivity contribution is 0.415. The van der Waals surface area contributed by atoms with E-state index in [4.69, 9.17) is 4.74 Å². The van der Waals surface area contributed by atoms with Crippen molar-refractivity contribution in [3.63, 3.8) is 0 Å². The summed E-state index contributed by atoms with van der Waals surface area (Å²) >= 11 is 1.41. The second-order valence-corrected chi connectivity index (χ2v) is 4.77. The molecule has 3 aromatic rings. The van der Waals surface area contributed by atoms with E-state index in [0.29, 0.717) is 0 Å². The van der Waals surface area contributed by atoms with Gasteiger partial charge in [0.05, 0.1) is 7.11 Å². The van der Waals surface area contributed by atoms with Crippen LogP contribution in [0, 0.1) is 0 Å². The minimum absolute atomic E-state index is 0.774. The normalized spacial score (nSPS) is 10.4. The first-order chi connectivity index (χ1) is 9.36. The van der Waals surface area contributed by atoms with Gasteiger partial charge in [-0.3, -0.25) is 0 Å². The van der Waals surface area contributed by atoms with Crippen LogP contribution in [-0.2, 0) is 0 Å². The number of aromatic nitrogens is 2. The molecule has 0 saturated carbocycles. The Morgan fingerprint density at radius 1 is 0.895 bits per heavy atom. The highest BCUT2D eigenvalue weighted by Crippen LogP contribution is 2.27. The Bertz CT molecular complexity index is 662. The van der Waals surface area contributed by atoms with Gasteiger partial charge in [-0.2, -0.15) is 4.37 Å². The molecule has 94 valence electrons. The number of hydrogen-bond donors (Lipinski definition) is 0. The van der Waals surface area contributed by atoms with Crippen LogP contribution in [-0.4, -0.2) is 16.5 Å². The third-order valence-corrected chi connectivity index (χ3v) is 3.56. The quantitative estimate of drug-likeness (QED) is 0.723. The van der Waals surface area contributed by atoms with E-state index in [1.54, 1.807) is 7.11 Å². The number of benzene rings is 2. The number of nitrogens with zero attached hydrogens (tertiary/aromatic N) is 2. The monoisotopic (exact) mass is 268 g/mol. The van der Waals surface area contributed by atoms with Crippen molar-refractivity contribution in [3.05, 3.63) is 54.6 Å². The molecule has 3 nitrogen and oxygen atoms in total. The Morgan fingerprint density at radius 2 is 1.63 bits per heavy atom. The van der Waals surface area contributed by atoms with E-state index in [2.05, 4.69) is 9.36 Å². The maximum atomic E-state index is 5.15. The molecule has 0 saturated heterocycles. The number of ether oxygens (including phenoxy) is 1. The van der Waals surface area contributed by atoms with E-state index < -0.39 is 0 Å². The highest BCUT2D eigenvalue weighted by molar-refractivity contribution is 7.09.